The molecule has 0 N–H and O–H groups in total. The second-order valence-corrected chi connectivity index (χ2v) is 14.8. The molecule has 0 radical (unpaired) electrons. The first-order chi connectivity index (χ1) is 22.0. The Bertz CT molecular complexity index is 2180. The van der Waals surface area contributed by atoms with E-state index in [2.05, 4.69) is 179 Å². The van der Waals surface area contributed by atoms with Gasteiger partial charge < -0.3 is 9.13 Å². The first-order valence-electron chi connectivity index (χ1n) is 16.5. The maximum absolute atomic E-state index is 4.32. The highest BCUT2D eigenvalue weighted by Gasteiger charge is 2.20. The molecule has 0 spiro atoms. The summed E-state index contributed by atoms with van der Waals surface area (Å²) in [6.45, 7) is 17.8. The number of fused-ring (bicyclic) bond motifs is 4. The Kier molecular flexibility index (Phi) is 7.28. The van der Waals surface area contributed by atoms with E-state index in [-0.39, 0.29) is 10.8 Å². The highest BCUT2D eigenvalue weighted by Crippen LogP contribution is 2.37. The summed E-state index contributed by atoms with van der Waals surface area (Å²) in [5, 5.41) is 2.58. The van der Waals surface area contributed by atoms with Gasteiger partial charge in [-0.15, -0.1) is 0 Å². The predicted octanol–water partition coefficient (Wildman–Crippen LogP) is 12.1. The average molecular weight is 601 g/mol. The maximum Gasteiger partial charge on any atom is 0.0544 e. The van der Waals surface area contributed by atoms with Crippen molar-refractivity contribution in [1.29, 1.82) is 0 Å². The lowest BCUT2D eigenvalue weighted by molar-refractivity contribution is 0.519. The van der Waals surface area contributed by atoms with Crippen molar-refractivity contribution in [3.05, 3.63) is 144 Å². The third kappa shape index (κ3) is 5.36. The zero-order valence-corrected chi connectivity index (χ0v) is 28.1. The number of aromatic nitrogens is 2. The molecule has 7 rings (SSSR count). The Morgan fingerprint density at radius 3 is 2.17 bits per heavy atom. The molecule has 6 aromatic rings. The molecule has 4 aromatic carbocycles. The number of hydrogen-bond acceptors (Lipinski definition) is 0. The molecular formula is C44H44N2. The van der Waals surface area contributed by atoms with Gasteiger partial charge in [-0.3, -0.25) is 0 Å². The van der Waals surface area contributed by atoms with Crippen LogP contribution in [0.2, 0.25) is 0 Å². The highest BCUT2D eigenvalue weighted by molar-refractivity contribution is 6.09. The molecule has 2 nitrogen and oxygen atoms in total. The van der Waals surface area contributed by atoms with E-state index in [9.17, 15) is 0 Å². The van der Waals surface area contributed by atoms with Crippen LogP contribution in [0, 0.1) is 5.41 Å². The van der Waals surface area contributed by atoms with Gasteiger partial charge in [0.15, 0.2) is 0 Å². The molecule has 0 fully saturated rings. The van der Waals surface area contributed by atoms with Crippen LogP contribution >= 0.6 is 0 Å². The fraction of sp³-hybridized carbons (Fsp3) is 0.227. The fourth-order valence-corrected chi connectivity index (χ4v) is 6.63. The molecule has 0 bridgehead atoms. The molecule has 2 heterocycles. The van der Waals surface area contributed by atoms with Crippen molar-refractivity contribution in [2.45, 2.75) is 59.8 Å². The van der Waals surface area contributed by atoms with E-state index in [0.717, 1.165) is 18.4 Å². The molecule has 2 aromatic heterocycles. The van der Waals surface area contributed by atoms with E-state index in [0.29, 0.717) is 0 Å². The molecule has 0 atom stereocenters. The fourth-order valence-electron chi connectivity index (χ4n) is 6.63. The van der Waals surface area contributed by atoms with Crippen molar-refractivity contribution >= 4 is 34.0 Å². The monoisotopic (exact) mass is 600 g/mol. The van der Waals surface area contributed by atoms with E-state index in [1.54, 1.807) is 0 Å². The number of rotatable bonds is 5. The highest BCUT2D eigenvalue weighted by atomic mass is 15.0. The summed E-state index contributed by atoms with van der Waals surface area (Å²) in [7, 11) is 0. The molecule has 230 valence electrons. The molecular weight excluding hydrogens is 556 g/mol. The van der Waals surface area contributed by atoms with Crippen LogP contribution in [0.5, 0.6) is 0 Å². The van der Waals surface area contributed by atoms with Crippen molar-refractivity contribution in [3.8, 4) is 22.5 Å². The Hall–Kier alpha value is -4.82. The number of nitrogens with zero attached hydrogens (tertiary/aromatic N) is 2. The van der Waals surface area contributed by atoms with Gasteiger partial charge in [-0.2, -0.15) is 0 Å². The van der Waals surface area contributed by atoms with Crippen molar-refractivity contribution in [2.24, 2.45) is 5.41 Å². The third-order valence-electron chi connectivity index (χ3n) is 9.54. The molecule has 0 aliphatic heterocycles. The third-order valence-corrected chi connectivity index (χ3v) is 9.54. The molecule has 1 aliphatic rings. The summed E-state index contributed by atoms with van der Waals surface area (Å²) in [4.78, 5) is 0. The van der Waals surface area contributed by atoms with Gasteiger partial charge in [-0.05, 0) is 82.3 Å². The Labute approximate surface area is 274 Å². The second-order valence-electron chi connectivity index (χ2n) is 14.8. The van der Waals surface area contributed by atoms with E-state index in [4.69, 9.17) is 0 Å². The van der Waals surface area contributed by atoms with Gasteiger partial charge in [-0.25, -0.2) is 0 Å². The zero-order chi connectivity index (χ0) is 32.2. The smallest absolute Gasteiger partial charge is 0.0544 e. The summed E-state index contributed by atoms with van der Waals surface area (Å²) in [5.41, 5.74) is 13.8. The van der Waals surface area contributed by atoms with Crippen LogP contribution in [-0.2, 0) is 11.8 Å². The summed E-state index contributed by atoms with van der Waals surface area (Å²) in [5.74, 6) is 0. The molecule has 0 saturated heterocycles. The van der Waals surface area contributed by atoms with Crippen LogP contribution in [0.3, 0.4) is 0 Å². The standard InChI is InChI=1S/C44H44N2/c1-30(43(2,3)4)22-23-33-29-45(40-20-10-8-18-37(33)40)35-16-12-14-31(26-35)32-15-13-17-36(27-32)46-41-21-11-9-19-38(41)39-25-24-34(28-42(39)46)44(5,6)7/h8-9,11-19,21-29H,1,10,20H2,2-7H3/b23-22-. The quantitative estimate of drug-likeness (QED) is 0.174. The van der Waals surface area contributed by atoms with Gasteiger partial charge in [0.05, 0.1) is 11.0 Å². The second kappa shape index (κ2) is 11.2. The summed E-state index contributed by atoms with van der Waals surface area (Å²) >= 11 is 0. The van der Waals surface area contributed by atoms with Crippen molar-refractivity contribution in [2.75, 3.05) is 0 Å². The van der Waals surface area contributed by atoms with Crippen LogP contribution in [0.4, 0.5) is 0 Å². The lowest BCUT2D eigenvalue weighted by Crippen LogP contribution is -2.10. The lowest BCUT2D eigenvalue weighted by Gasteiger charge is -2.19. The first-order valence-corrected chi connectivity index (χ1v) is 16.5. The number of benzene rings is 4. The van der Waals surface area contributed by atoms with Crippen LogP contribution in [-0.4, -0.2) is 9.13 Å². The lowest BCUT2D eigenvalue weighted by atomic mass is 9.86. The molecule has 2 heteroatoms. The molecule has 1 aliphatic carbocycles. The van der Waals surface area contributed by atoms with Gasteiger partial charge in [0, 0.05) is 45.2 Å². The van der Waals surface area contributed by atoms with Gasteiger partial charge in [-0.1, -0.05) is 127 Å². The number of allylic oxidation sites excluding steroid dienone is 3. The molecule has 46 heavy (non-hydrogen) atoms. The van der Waals surface area contributed by atoms with E-state index < -0.39 is 0 Å². The van der Waals surface area contributed by atoms with Crippen molar-refractivity contribution in [3.63, 3.8) is 0 Å². The Morgan fingerprint density at radius 1 is 0.739 bits per heavy atom. The first kappa shape index (κ1) is 29.9. The number of para-hydroxylation sites is 1. The van der Waals surface area contributed by atoms with E-state index in [1.165, 1.54) is 66.7 Å². The summed E-state index contributed by atoms with van der Waals surface area (Å²) in [6.07, 6.45) is 13.4. The minimum Gasteiger partial charge on any atom is -0.320 e. The van der Waals surface area contributed by atoms with Crippen LogP contribution in [0.15, 0.2) is 121 Å². The van der Waals surface area contributed by atoms with Crippen LogP contribution in [0.1, 0.15) is 70.3 Å². The normalized spacial score (nSPS) is 13.6. The summed E-state index contributed by atoms with van der Waals surface area (Å²) in [6, 6.07) is 33.7. The maximum atomic E-state index is 4.32. The average Bonchev–Trinajstić information content (AvgIpc) is 3.58. The van der Waals surface area contributed by atoms with Crippen molar-refractivity contribution in [1.82, 2.24) is 9.13 Å². The Balaban J connectivity index is 1.32. The van der Waals surface area contributed by atoms with Crippen molar-refractivity contribution < 1.29 is 0 Å². The van der Waals surface area contributed by atoms with Gasteiger partial charge in [0.25, 0.3) is 0 Å². The molecule has 0 unspecified atom stereocenters. The topological polar surface area (TPSA) is 9.86 Å². The van der Waals surface area contributed by atoms with Gasteiger partial charge >= 0.3 is 0 Å². The summed E-state index contributed by atoms with van der Waals surface area (Å²) < 4.78 is 4.83. The minimum absolute atomic E-state index is 0.0476. The molecule has 0 saturated carbocycles. The van der Waals surface area contributed by atoms with Gasteiger partial charge in [0.2, 0.25) is 0 Å². The molecule has 0 amide bonds. The zero-order valence-electron chi connectivity index (χ0n) is 28.1. The predicted molar refractivity (Wildman–Crippen MR) is 199 cm³/mol. The minimum atomic E-state index is 0.0476. The van der Waals surface area contributed by atoms with Crippen LogP contribution in [0.25, 0.3) is 56.5 Å². The van der Waals surface area contributed by atoms with E-state index >= 15 is 0 Å². The Morgan fingerprint density at radius 2 is 1.43 bits per heavy atom. The van der Waals surface area contributed by atoms with E-state index in [1.807, 2.05) is 0 Å². The largest absolute Gasteiger partial charge is 0.320 e. The van der Waals surface area contributed by atoms with Gasteiger partial charge in [0.1, 0.15) is 0 Å². The van der Waals surface area contributed by atoms with Crippen LogP contribution < -0.4 is 0 Å². The SMILES string of the molecule is C=C(/C=C\c1cn(-c2cccc(-c3cccc(-n4c5ccccc5c5ccc(C(C)(C)C)cc54)c3)c2)c2c1C=CCC2)C(C)(C)C. The number of hydrogen-bond donors (Lipinski definition) is 0.